The predicted octanol–water partition coefficient (Wildman–Crippen LogP) is 3.99. The first-order valence-electron chi connectivity index (χ1n) is 6.74. The molecule has 1 N–H and O–H groups in total. The van der Waals surface area contributed by atoms with E-state index in [4.69, 9.17) is 0 Å². The second kappa shape index (κ2) is 6.72. The fourth-order valence-corrected chi connectivity index (χ4v) is 2.27. The summed E-state index contributed by atoms with van der Waals surface area (Å²) in [5.41, 5.74) is 1.11. The molecular formula is C16H17F3N2. The zero-order valence-corrected chi connectivity index (χ0v) is 11.7. The molecule has 2 aromatic rings. The normalized spacial score (nSPS) is 13.1. The summed E-state index contributed by atoms with van der Waals surface area (Å²) in [6.07, 6.45) is 0.640. The number of pyridine rings is 1. The standard InChI is InChI=1S/C16H17F3N2/c1-20-15(8-7-12-4-3-9-21-11-12)13-5-2-6-14(10-13)16(17,18)19/h2-6,9-11,15,20H,7-8H2,1H3. The van der Waals surface area contributed by atoms with Gasteiger partial charge >= 0.3 is 6.18 Å². The Morgan fingerprint density at radius 3 is 2.62 bits per heavy atom. The number of aromatic nitrogens is 1. The highest BCUT2D eigenvalue weighted by molar-refractivity contribution is 5.28. The van der Waals surface area contributed by atoms with E-state index in [0.29, 0.717) is 12.0 Å². The smallest absolute Gasteiger partial charge is 0.313 e. The average molecular weight is 294 g/mol. The van der Waals surface area contributed by atoms with Crippen LogP contribution >= 0.6 is 0 Å². The highest BCUT2D eigenvalue weighted by Gasteiger charge is 2.30. The molecule has 1 aromatic heterocycles. The van der Waals surface area contributed by atoms with Crippen LogP contribution in [0.15, 0.2) is 48.8 Å². The largest absolute Gasteiger partial charge is 0.416 e. The first-order chi connectivity index (χ1) is 10.0. The minimum absolute atomic E-state index is 0.118. The minimum atomic E-state index is -4.31. The molecule has 2 nitrogen and oxygen atoms in total. The maximum atomic E-state index is 12.8. The molecule has 0 saturated carbocycles. The van der Waals surface area contributed by atoms with Gasteiger partial charge in [0.15, 0.2) is 0 Å². The number of hydrogen-bond donors (Lipinski definition) is 1. The van der Waals surface area contributed by atoms with Crippen molar-refractivity contribution in [3.8, 4) is 0 Å². The van der Waals surface area contributed by atoms with E-state index in [1.165, 1.54) is 12.1 Å². The summed E-state index contributed by atoms with van der Waals surface area (Å²) < 4.78 is 38.3. The zero-order valence-electron chi connectivity index (χ0n) is 11.7. The molecule has 0 aliphatic rings. The summed E-state index contributed by atoms with van der Waals surface area (Å²) in [5, 5.41) is 3.08. The second-order valence-electron chi connectivity index (χ2n) is 4.86. The van der Waals surface area contributed by atoms with E-state index < -0.39 is 11.7 Å². The summed E-state index contributed by atoms with van der Waals surface area (Å²) in [6.45, 7) is 0. The summed E-state index contributed by atoms with van der Waals surface area (Å²) in [4.78, 5) is 4.04. The van der Waals surface area contributed by atoms with E-state index in [1.807, 2.05) is 12.1 Å². The van der Waals surface area contributed by atoms with E-state index >= 15 is 0 Å². The molecule has 112 valence electrons. The molecule has 2 rings (SSSR count). The topological polar surface area (TPSA) is 24.9 Å². The Bertz CT molecular complexity index is 567. The molecule has 1 atom stereocenters. The lowest BCUT2D eigenvalue weighted by atomic mass is 9.98. The molecule has 1 heterocycles. The van der Waals surface area contributed by atoms with Crippen molar-refractivity contribution in [3.63, 3.8) is 0 Å². The molecule has 5 heteroatoms. The van der Waals surface area contributed by atoms with Gasteiger partial charge in [0.05, 0.1) is 5.56 Å². The van der Waals surface area contributed by atoms with Crippen molar-refractivity contribution < 1.29 is 13.2 Å². The van der Waals surface area contributed by atoms with Gasteiger partial charge in [-0.15, -0.1) is 0 Å². The molecule has 0 amide bonds. The van der Waals surface area contributed by atoms with Gasteiger partial charge in [0.1, 0.15) is 0 Å². The molecule has 21 heavy (non-hydrogen) atoms. The van der Waals surface area contributed by atoms with Gasteiger partial charge in [-0.2, -0.15) is 13.2 Å². The number of alkyl halides is 3. The van der Waals surface area contributed by atoms with Crippen molar-refractivity contribution in [2.75, 3.05) is 7.05 Å². The first-order valence-corrected chi connectivity index (χ1v) is 6.74. The number of rotatable bonds is 5. The Hall–Kier alpha value is -1.88. The van der Waals surface area contributed by atoms with Crippen LogP contribution in [0.25, 0.3) is 0 Å². The lowest BCUT2D eigenvalue weighted by Crippen LogP contribution is -2.18. The Kier molecular flexibility index (Phi) is 4.96. The van der Waals surface area contributed by atoms with Crippen LogP contribution in [0, 0.1) is 0 Å². The van der Waals surface area contributed by atoms with Gasteiger partial charge in [0, 0.05) is 18.4 Å². The molecule has 0 aliphatic carbocycles. The molecule has 0 bridgehead atoms. The van der Waals surface area contributed by atoms with Crippen LogP contribution in [0.4, 0.5) is 13.2 Å². The van der Waals surface area contributed by atoms with E-state index in [-0.39, 0.29) is 6.04 Å². The van der Waals surface area contributed by atoms with E-state index in [0.717, 1.165) is 18.1 Å². The Balaban J connectivity index is 2.10. The quantitative estimate of drug-likeness (QED) is 0.901. The van der Waals surface area contributed by atoms with Crippen molar-refractivity contribution in [2.45, 2.75) is 25.1 Å². The zero-order chi connectivity index (χ0) is 15.3. The molecular weight excluding hydrogens is 277 g/mol. The maximum absolute atomic E-state index is 12.8. The van der Waals surface area contributed by atoms with Crippen LogP contribution in [0.2, 0.25) is 0 Å². The maximum Gasteiger partial charge on any atom is 0.416 e. The van der Waals surface area contributed by atoms with Gasteiger partial charge < -0.3 is 5.32 Å². The number of benzene rings is 1. The van der Waals surface area contributed by atoms with E-state index in [1.54, 1.807) is 25.5 Å². The number of nitrogens with zero attached hydrogens (tertiary/aromatic N) is 1. The van der Waals surface area contributed by atoms with Gasteiger partial charge in [-0.1, -0.05) is 18.2 Å². The molecule has 0 radical (unpaired) electrons. The monoisotopic (exact) mass is 294 g/mol. The van der Waals surface area contributed by atoms with Gasteiger partial charge in [-0.3, -0.25) is 4.98 Å². The molecule has 0 saturated heterocycles. The van der Waals surface area contributed by atoms with Gasteiger partial charge in [0.2, 0.25) is 0 Å². The lowest BCUT2D eigenvalue weighted by Gasteiger charge is -2.18. The summed E-state index contributed by atoms with van der Waals surface area (Å²) in [6, 6.07) is 9.18. The number of halogens is 3. The number of nitrogens with one attached hydrogen (secondary N) is 1. The number of hydrogen-bond acceptors (Lipinski definition) is 2. The van der Waals surface area contributed by atoms with Crippen LogP contribution in [-0.4, -0.2) is 12.0 Å². The highest BCUT2D eigenvalue weighted by atomic mass is 19.4. The molecule has 1 unspecified atom stereocenters. The van der Waals surface area contributed by atoms with Gasteiger partial charge in [-0.25, -0.2) is 0 Å². The first kappa shape index (κ1) is 15.5. The lowest BCUT2D eigenvalue weighted by molar-refractivity contribution is -0.137. The summed E-state index contributed by atoms with van der Waals surface area (Å²) >= 11 is 0. The van der Waals surface area contributed by atoms with Crippen molar-refractivity contribution in [2.24, 2.45) is 0 Å². The minimum Gasteiger partial charge on any atom is -0.313 e. The predicted molar refractivity (Wildman–Crippen MR) is 75.8 cm³/mol. The van der Waals surface area contributed by atoms with E-state index in [9.17, 15) is 13.2 Å². The third kappa shape index (κ3) is 4.29. The third-order valence-electron chi connectivity index (χ3n) is 3.41. The Morgan fingerprint density at radius 1 is 1.19 bits per heavy atom. The molecule has 0 spiro atoms. The highest BCUT2D eigenvalue weighted by Crippen LogP contribution is 2.31. The molecule has 0 aliphatic heterocycles. The van der Waals surface area contributed by atoms with Crippen molar-refractivity contribution >= 4 is 0 Å². The Labute approximate surface area is 122 Å². The van der Waals surface area contributed by atoms with Crippen LogP contribution in [-0.2, 0) is 12.6 Å². The summed E-state index contributed by atoms with van der Waals surface area (Å²) in [5.74, 6) is 0. The summed E-state index contributed by atoms with van der Waals surface area (Å²) in [7, 11) is 1.76. The average Bonchev–Trinajstić information content (AvgIpc) is 2.48. The van der Waals surface area contributed by atoms with Crippen LogP contribution in [0.5, 0.6) is 0 Å². The van der Waals surface area contributed by atoms with Crippen molar-refractivity contribution in [1.29, 1.82) is 0 Å². The van der Waals surface area contributed by atoms with Crippen molar-refractivity contribution in [3.05, 3.63) is 65.5 Å². The Morgan fingerprint density at radius 2 is 2.00 bits per heavy atom. The van der Waals surface area contributed by atoms with Gasteiger partial charge in [0.25, 0.3) is 0 Å². The van der Waals surface area contributed by atoms with E-state index in [2.05, 4.69) is 10.3 Å². The fraction of sp³-hybridized carbons (Fsp3) is 0.312. The third-order valence-corrected chi connectivity index (χ3v) is 3.41. The second-order valence-corrected chi connectivity index (χ2v) is 4.86. The van der Waals surface area contributed by atoms with Crippen molar-refractivity contribution in [1.82, 2.24) is 10.3 Å². The van der Waals surface area contributed by atoms with Gasteiger partial charge in [-0.05, 0) is 49.2 Å². The fourth-order valence-electron chi connectivity index (χ4n) is 2.27. The SMILES string of the molecule is CNC(CCc1cccnc1)c1cccc(C(F)(F)F)c1. The molecule has 1 aromatic carbocycles. The number of aryl methyl sites for hydroxylation is 1. The van der Waals surface area contributed by atoms with Crippen LogP contribution < -0.4 is 5.32 Å². The molecule has 0 fully saturated rings. The van der Waals surface area contributed by atoms with Crippen LogP contribution in [0.1, 0.15) is 29.2 Å². The van der Waals surface area contributed by atoms with Crippen LogP contribution in [0.3, 0.4) is 0 Å².